The Kier molecular flexibility index (Phi) is 5.64. The van der Waals surface area contributed by atoms with Gasteiger partial charge in [-0.15, -0.1) is 12.4 Å². The molecule has 106 valence electrons. The third-order valence-corrected chi connectivity index (χ3v) is 3.67. The Morgan fingerprint density at radius 3 is 2.89 bits per heavy atom. The molecule has 3 N–H and O–H groups in total. The molecule has 0 bridgehead atoms. The third kappa shape index (κ3) is 4.09. The first-order chi connectivity index (χ1) is 8.50. The summed E-state index contributed by atoms with van der Waals surface area (Å²) in [6, 6.07) is 5.24. The van der Waals surface area contributed by atoms with Crippen LogP contribution in [-0.4, -0.2) is 24.7 Å². The molecule has 6 heteroatoms. The Bertz CT molecular complexity index is 462. The first-order valence-electron chi connectivity index (χ1n) is 5.97. The first kappa shape index (κ1) is 16.3. The van der Waals surface area contributed by atoms with E-state index < -0.39 is 0 Å². The van der Waals surface area contributed by atoms with Crippen molar-refractivity contribution in [1.29, 1.82) is 0 Å². The van der Waals surface area contributed by atoms with Crippen LogP contribution in [0.3, 0.4) is 0 Å². The van der Waals surface area contributed by atoms with Crippen LogP contribution in [0.5, 0.6) is 0 Å². The van der Waals surface area contributed by atoms with E-state index in [1.165, 1.54) is 0 Å². The minimum atomic E-state index is -0.236. The van der Waals surface area contributed by atoms with Gasteiger partial charge < -0.3 is 15.8 Å². The molecular formula is C13H18BrClN2O2. The summed E-state index contributed by atoms with van der Waals surface area (Å²) in [7, 11) is 0. The van der Waals surface area contributed by atoms with E-state index in [9.17, 15) is 4.79 Å². The lowest BCUT2D eigenvalue weighted by Crippen LogP contribution is -2.40. The molecule has 0 spiro atoms. The predicted molar refractivity (Wildman–Crippen MR) is 81.7 cm³/mol. The number of anilines is 1. The fraction of sp³-hybridized carbons (Fsp3) is 0.462. The largest absolute Gasteiger partial charge is 0.398 e. The van der Waals surface area contributed by atoms with Crippen LogP contribution in [0.15, 0.2) is 22.7 Å². The van der Waals surface area contributed by atoms with Gasteiger partial charge in [-0.05, 0) is 38.0 Å². The molecule has 1 fully saturated rings. The molecule has 1 aromatic carbocycles. The van der Waals surface area contributed by atoms with Crippen molar-refractivity contribution < 1.29 is 9.53 Å². The highest BCUT2D eigenvalue weighted by Gasteiger charge is 2.30. The van der Waals surface area contributed by atoms with Crippen LogP contribution in [-0.2, 0) is 4.74 Å². The predicted octanol–water partition coefficient (Wildman–Crippen LogP) is 2.75. The van der Waals surface area contributed by atoms with Crippen LogP contribution in [0.1, 0.15) is 30.1 Å². The van der Waals surface area contributed by atoms with Crippen molar-refractivity contribution >= 4 is 39.9 Å². The second kappa shape index (κ2) is 6.59. The van der Waals surface area contributed by atoms with E-state index in [0.29, 0.717) is 17.8 Å². The summed E-state index contributed by atoms with van der Waals surface area (Å²) in [5.41, 5.74) is 6.55. The molecule has 0 aliphatic carbocycles. The molecule has 0 radical (unpaired) electrons. The number of carbonyl (C=O) groups is 1. The van der Waals surface area contributed by atoms with Crippen LogP contribution < -0.4 is 11.1 Å². The lowest BCUT2D eigenvalue weighted by molar-refractivity contribution is 0.0206. The highest BCUT2D eigenvalue weighted by atomic mass is 79.9. The lowest BCUT2D eigenvalue weighted by atomic mass is 10.0. The number of nitrogen functional groups attached to an aromatic ring is 1. The van der Waals surface area contributed by atoms with Crippen LogP contribution in [0.2, 0.25) is 0 Å². The van der Waals surface area contributed by atoms with Crippen LogP contribution >= 0.6 is 28.3 Å². The quantitative estimate of drug-likeness (QED) is 0.825. The number of rotatable bonds is 3. The molecule has 1 atom stereocenters. The van der Waals surface area contributed by atoms with Crippen molar-refractivity contribution in [3.8, 4) is 0 Å². The van der Waals surface area contributed by atoms with Crippen molar-refractivity contribution in [2.75, 3.05) is 18.9 Å². The van der Waals surface area contributed by atoms with Crippen molar-refractivity contribution in [2.45, 2.75) is 25.4 Å². The molecule has 2 rings (SSSR count). The molecule has 1 aromatic rings. The number of hydrogen-bond donors (Lipinski definition) is 2. The minimum Gasteiger partial charge on any atom is -0.398 e. The molecular weight excluding hydrogens is 332 g/mol. The van der Waals surface area contributed by atoms with Gasteiger partial charge in [0.2, 0.25) is 0 Å². The van der Waals surface area contributed by atoms with E-state index in [1.807, 2.05) is 6.92 Å². The topological polar surface area (TPSA) is 64.4 Å². The number of nitrogens with one attached hydrogen (secondary N) is 1. The number of nitrogens with two attached hydrogens (primary N) is 1. The van der Waals surface area contributed by atoms with Crippen LogP contribution in [0.4, 0.5) is 5.69 Å². The Morgan fingerprint density at radius 1 is 1.58 bits per heavy atom. The Morgan fingerprint density at radius 2 is 2.32 bits per heavy atom. The zero-order valence-corrected chi connectivity index (χ0v) is 13.1. The maximum atomic E-state index is 12.0. The summed E-state index contributed by atoms with van der Waals surface area (Å²) >= 11 is 3.32. The first-order valence-corrected chi connectivity index (χ1v) is 6.77. The summed E-state index contributed by atoms with van der Waals surface area (Å²) in [6.45, 7) is 3.30. The number of hydrogen-bond acceptors (Lipinski definition) is 3. The molecule has 0 aromatic heterocycles. The fourth-order valence-electron chi connectivity index (χ4n) is 2.08. The van der Waals surface area contributed by atoms with Gasteiger partial charge in [0.15, 0.2) is 0 Å². The monoisotopic (exact) mass is 348 g/mol. The number of carbonyl (C=O) groups excluding carboxylic acids is 1. The molecule has 1 unspecified atom stereocenters. The Balaban J connectivity index is 0.00000180. The van der Waals surface area contributed by atoms with Crippen molar-refractivity contribution in [3.63, 3.8) is 0 Å². The average Bonchev–Trinajstić information content (AvgIpc) is 2.74. The Hall–Kier alpha value is -0.780. The van der Waals surface area contributed by atoms with Gasteiger partial charge in [0, 0.05) is 23.3 Å². The van der Waals surface area contributed by atoms with Gasteiger partial charge in [0.05, 0.1) is 11.2 Å². The molecule has 1 aliphatic heterocycles. The van der Waals surface area contributed by atoms with Crippen molar-refractivity contribution in [1.82, 2.24) is 5.32 Å². The highest BCUT2D eigenvalue weighted by Crippen LogP contribution is 2.24. The normalized spacial score (nSPS) is 21.8. The van der Waals surface area contributed by atoms with E-state index >= 15 is 0 Å². The standard InChI is InChI=1S/C13H17BrN2O2.ClH/c1-13(5-2-6-18-13)8-16-12(17)10-4-3-9(14)7-11(10)15;/h3-4,7H,2,5-6,8,15H2,1H3,(H,16,17);1H. The fourth-order valence-corrected chi connectivity index (χ4v) is 2.46. The van der Waals surface area contributed by atoms with Crippen LogP contribution in [0.25, 0.3) is 0 Å². The highest BCUT2D eigenvalue weighted by molar-refractivity contribution is 9.10. The maximum Gasteiger partial charge on any atom is 0.253 e. The smallest absolute Gasteiger partial charge is 0.253 e. The summed E-state index contributed by atoms with van der Waals surface area (Å²) in [5, 5.41) is 2.88. The second-order valence-corrected chi connectivity index (χ2v) is 5.73. The molecule has 4 nitrogen and oxygen atoms in total. The summed E-state index contributed by atoms with van der Waals surface area (Å²) in [5.74, 6) is -0.156. The average molecular weight is 350 g/mol. The van der Waals surface area contributed by atoms with E-state index in [2.05, 4.69) is 21.2 Å². The van der Waals surface area contributed by atoms with Crippen LogP contribution in [0, 0.1) is 0 Å². The van der Waals surface area contributed by atoms with E-state index in [1.54, 1.807) is 18.2 Å². The van der Waals surface area contributed by atoms with Crippen molar-refractivity contribution in [2.24, 2.45) is 0 Å². The molecule has 1 heterocycles. The SMILES string of the molecule is CC1(CNC(=O)c2ccc(Br)cc2N)CCCO1.Cl. The molecule has 1 aliphatic rings. The number of ether oxygens (including phenoxy) is 1. The minimum absolute atomic E-state index is 0. The zero-order chi connectivity index (χ0) is 13.2. The zero-order valence-electron chi connectivity index (χ0n) is 10.7. The molecule has 1 amide bonds. The summed E-state index contributed by atoms with van der Waals surface area (Å²) in [4.78, 5) is 12.0. The van der Waals surface area contributed by atoms with Crippen molar-refractivity contribution in [3.05, 3.63) is 28.2 Å². The van der Waals surface area contributed by atoms with Gasteiger partial charge in [-0.3, -0.25) is 4.79 Å². The van der Waals surface area contributed by atoms with Gasteiger partial charge in [-0.25, -0.2) is 0 Å². The van der Waals surface area contributed by atoms with E-state index in [-0.39, 0.29) is 23.9 Å². The number of halogens is 2. The van der Waals surface area contributed by atoms with Gasteiger partial charge >= 0.3 is 0 Å². The van der Waals surface area contributed by atoms with E-state index in [0.717, 1.165) is 23.9 Å². The third-order valence-electron chi connectivity index (χ3n) is 3.18. The maximum absolute atomic E-state index is 12.0. The summed E-state index contributed by atoms with van der Waals surface area (Å²) < 4.78 is 6.49. The Labute approximate surface area is 127 Å². The number of amides is 1. The number of benzene rings is 1. The van der Waals surface area contributed by atoms with Gasteiger partial charge in [-0.2, -0.15) is 0 Å². The molecule has 19 heavy (non-hydrogen) atoms. The lowest BCUT2D eigenvalue weighted by Gasteiger charge is -2.23. The molecule has 1 saturated heterocycles. The summed E-state index contributed by atoms with van der Waals surface area (Å²) in [6.07, 6.45) is 2.02. The van der Waals surface area contributed by atoms with Gasteiger partial charge in [0.1, 0.15) is 0 Å². The second-order valence-electron chi connectivity index (χ2n) is 4.82. The van der Waals surface area contributed by atoms with Gasteiger partial charge in [0.25, 0.3) is 5.91 Å². The molecule has 0 saturated carbocycles. The van der Waals surface area contributed by atoms with E-state index in [4.69, 9.17) is 10.5 Å². The van der Waals surface area contributed by atoms with Gasteiger partial charge in [-0.1, -0.05) is 15.9 Å².